The van der Waals surface area contributed by atoms with E-state index in [1.807, 2.05) is 0 Å². The molecular formula is C13H18FN3O2. The summed E-state index contributed by atoms with van der Waals surface area (Å²) in [4.78, 5) is 12.6. The Kier molecular flexibility index (Phi) is 4.68. The minimum absolute atomic E-state index is 0.210. The Labute approximate surface area is 111 Å². The first-order chi connectivity index (χ1) is 9.16. The summed E-state index contributed by atoms with van der Waals surface area (Å²) < 4.78 is 13.0. The van der Waals surface area contributed by atoms with Crippen LogP contribution in [0.5, 0.6) is 0 Å². The van der Waals surface area contributed by atoms with Crippen LogP contribution in [0.4, 0.5) is 15.8 Å². The Bertz CT molecular complexity index is 448. The third-order valence-corrected chi connectivity index (χ3v) is 3.35. The molecule has 1 aliphatic rings. The zero-order valence-electron chi connectivity index (χ0n) is 10.8. The molecule has 0 spiro atoms. The van der Waals surface area contributed by atoms with Crippen molar-refractivity contribution in [1.82, 2.24) is 4.90 Å². The van der Waals surface area contributed by atoms with Crippen molar-refractivity contribution in [3.8, 4) is 0 Å². The van der Waals surface area contributed by atoms with Crippen LogP contribution in [0.1, 0.15) is 19.3 Å². The van der Waals surface area contributed by atoms with E-state index in [0.717, 1.165) is 25.7 Å². The SMILES string of the molecule is O=[N+]([O-])c1cc(F)ccc1NCCN1CCCCC1. The number of nitro groups is 1. The van der Waals surface area contributed by atoms with Gasteiger partial charge in [0.1, 0.15) is 11.5 Å². The van der Waals surface area contributed by atoms with Crippen molar-refractivity contribution in [2.75, 3.05) is 31.5 Å². The molecule has 0 aromatic heterocycles. The van der Waals surface area contributed by atoms with Gasteiger partial charge < -0.3 is 10.2 Å². The number of halogens is 1. The number of rotatable bonds is 5. The summed E-state index contributed by atoms with van der Waals surface area (Å²) in [5.74, 6) is -0.590. The van der Waals surface area contributed by atoms with Gasteiger partial charge in [-0.25, -0.2) is 4.39 Å². The van der Waals surface area contributed by atoms with Crippen LogP contribution in [0.3, 0.4) is 0 Å². The number of nitrogens with one attached hydrogen (secondary N) is 1. The monoisotopic (exact) mass is 267 g/mol. The van der Waals surface area contributed by atoms with Gasteiger partial charge in [0.15, 0.2) is 0 Å². The fraction of sp³-hybridized carbons (Fsp3) is 0.538. The van der Waals surface area contributed by atoms with Crippen molar-refractivity contribution in [3.63, 3.8) is 0 Å². The number of nitrogens with zero attached hydrogens (tertiary/aromatic N) is 2. The summed E-state index contributed by atoms with van der Waals surface area (Å²) in [6.45, 7) is 3.67. The molecule has 1 heterocycles. The topological polar surface area (TPSA) is 58.4 Å². The van der Waals surface area contributed by atoms with Crippen molar-refractivity contribution in [2.45, 2.75) is 19.3 Å². The molecule has 0 unspecified atom stereocenters. The quantitative estimate of drug-likeness (QED) is 0.658. The molecule has 1 fully saturated rings. The van der Waals surface area contributed by atoms with Crippen LogP contribution in [-0.2, 0) is 0 Å². The normalized spacial score (nSPS) is 16.3. The number of piperidine rings is 1. The molecule has 0 radical (unpaired) electrons. The first kappa shape index (κ1) is 13.7. The Balaban J connectivity index is 1.89. The van der Waals surface area contributed by atoms with Gasteiger partial charge in [-0.1, -0.05) is 6.42 Å². The molecule has 0 atom stereocenters. The van der Waals surface area contributed by atoms with Crippen LogP contribution in [0, 0.1) is 15.9 Å². The average Bonchev–Trinajstić information content (AvgIpc) is 2.41. The Morgan fingerprint density at radius 3 is 2.74 bits per heavy atom. The molecule has 19 heavy (non-hydrogen) atoms. The standard InChI is InChI=1S/C13H18FN3O2/c14-11-4-5-12(13(10-11)17(18)19)15-6-9-16-7-2-1-3-8-16/h4-5,10,15H,1-3,6-9H2. The Hall–Kier alpha value is -1.69. The molecule has 2 rings (SSSR count). The number of hydrogen-bond donors (Lipinski definition) is 1. The third-order valence-electron chi connectivity index (χ3n) is 3.35. The first-order valence-corrected chi connectivity index (χ1v) is 6.57. The molecule has 0 bridgehead atoms. The van der Waals surface area contributed by atoms with Crippen molar-refractivity contribution < 1.29 is 9.31 Å². The van der Waals surface area contributed by atoms with Gasteiger partial charge >= 0.3 is 0 Å². The highest BCUT2D eigenvalue weighted by atomic mass is 19.1. The number of hydrogen-bond acceptors (Lipinski definition) is 4. The van der Waals surface area contributed by atoms with E-state index in [1.165, 1.54) is 31.4 Å². The Morgan fingerprint density at radius 2 is 2.05 bits per heavy atom. The van der Waals surface area contributed by atoms with E-state index < -0.39 is 10.7 Å². The summed E-state index contributed by atoms with van der Waals surface area (Å²) in [6, 6.07) is 3.60. The summed E-state index contributed by atoms with van der Waals surface area (Å²) in [5.41, 5.74) is 0.169. The van der Waals surface area contributed by atoms with Crippen molar-refractivity contribution >= 4 is 11.4 Å². The highest BCUT2D eigenvalue weighted by molar-refractivity contribution is 5.61. The highest BCUT2D eigenvalue weighted by Crippen LogP contribution is 2.24. The molecule has 1 N–H and O–H groups in total. The summed E-state index contributed by atoms with van der Waals surface area (Å²) in [5, 5.41) is 13.8. The van der Waals surface area contributed by atoms with E-state index in [-0.39, 0.29) is 5.69 Å². The van der Waals surface area contributed by atoms with E-state index in [2.05, 4.69) is 10.2 Å². The van der Waals surface area contributed by atoms with Gasteiger partial charge in [-0.3, -0.25) is 10.1 Å². The van der Waals surface area contributed by atoms with Gasteiger partial charge in [0.25, 0.3) is 5.69 Å². The van der Waals surface area contributed by atoms with Crippen LogP contribution in [0.15, 0.2) is 18.2 Å². The van der Waals surface area contributed by atoms with Crippen LogP contribution in [-0.4, -0.2) is 36.0 Å². The zero-order chi connectivity index (χ0) is 13.7. The molecule has 0 aliphatic carbocycles. The fourth-order valence-corrected chi connectivity index (χ4v) is 2.34. The largest absolute Gasteiger partial charge is 0.378 e. The molecule has 6 heteroatoms. The lowest BCUT2D eigenvalue weighted by molar-refractivity contribution is -0.384. The molecule has 0 amide bonds. The van der Waals surface area contributed by atoms with Crippen LogP contribution >= 0.6 is 0 Å². The van der Waals surface area contributed by atoms with Gasteiger partial charge in [0.2, 0.25) is 0 Å². The first-order valence-electron chi connectivity index (χ1n) is 6.57. The van der Waals surface area contributed by atoms with Crippen LogP contribution in [0.2, 0.25) is 0 Å². The number of nitro benzene ring substituents is 1. The van der Waals surface area contributed by atoms with Gasteiger partial charge in [-0.2, -0.15) is 0 Å². The number of anilines is 1. The smallest absolute Gasteiger partial charge is 0.295 e. The Morgan fingerprint density at radius 1 is 1.32 bits per heavy atom. The predicted octanol–water partition coefficient (Wildman–Crippen LogP) is 2.63. The molecular weight excluding hydrogens is 249 g/mol. The van der Waals surface area contributed by atoms with Gasteiger partial charge in [0, 0.05) is 13.1 Å². The number of likely N-dealkylation sites (tertiary alicyclic amines) is 1. The molecule has 5 nitrogen and oxygen atoms in total. The second kappa shape index (κ2) is 6.47. The highest BCUT2D eigenvalue weighted by Gasteiger charge is 2.15. The molecule has 104 valence electrons. The second-order valence-electron chi connectivity index (χ2n) is 4.75. The summed E-state index contributed by atoms with van der Waals surface area (Å²) in [6.07, 6.45) is 3.72. The average molecular weight is 267 g/mol. The van der Waals surface area contributed by atoms with Crippen molar-refractivity contribution in [2.24, 2.45) is 0 Å². The van der Waals surface area contributed by atoms with Crippen LogP contribution < -0.4 is 5.32 Å². The van der Waals surface area contributed by atoms with Gasteiger partial charge in [-0.05, 0) is 38.1 Å². The lowest BCUT2D eigenvalue weighted by Gasteiger charge is -2.26. The van der Waals surface area contributed by atoms with E-state index in [9.17, 15) is 14.5 Å². The lowest BCUT2D eigenvalue weighted by Crippen LogP contribution is -2.33. The molecule has 1 aromatic rings. The van der Waals surface area contributed by atoms with Crippen LogP contribution in [0.25, 0.3) is 0 Å². The maximum absolute atomic E-state index is 13.0. The third kappa shape index (κ3) is 3.89. The van der Waals surface area contributed by atoms with Gasteiger partial charge in [-0.15, -0.1) is 0 Å². The molecule has 1 aromatic carbocycles. The maximum Gasteiger partial charge on any atom is 0.295 e. The predicted molar refractivity (Wildman–Crippen MR) is 71.8 cm³/mol. The fourth-order valence-electron chi connectivity index (χ4n) is 2.34. The lowest BCUT2D eigenvalue weighted by atomic mass is 10.1. The molecule has 1 aliphatic heterocycles. The van der Waals surface area contributed by atoms with E-state index in [1.54, 1.807) is 0 Å². The second-order valence-corrected chi connectivity index (χ2v) is 4.75. The van der Waals surface area contributed by atoms with E-state index in [0.29, 0.717) is 12.2 Å². The van der Waals surface area contributed by atoms with E-state index in [4.69, 9.17) is 0 Å². The number of benzene rings is 1. The zero-order valence-corrected chi connectivity index (χ0v) is 10.8. The van der Waals surface area contributed by atoms with E-state index >= 15 is 0 Å². The minimum atomic E-state index is -0.590. The van der Waals surface area contributed by atoms with Crippen molar-refractivity contribution in [3.05, 3.63) is 34.1 Å². The maximum atomic E-state index is 13.0. The van der Waals surface area contributed by atoms with Crippen molar-refractivity contribution in [1.29, 1.82) is 0 Å². The molecule has 1 saturated heterocycles. The van der Waals surface area contributed by atoms with Gasteiger partial charge in [0.05, 0.1) is 11.0 Å². The minimum Gasteiger partial charge on any atom is -0.378 e. The summed E-state index contributed by atoms with van der Waals surface area (Å²) >= 11 is 0. The summed E-state index contributed by atoms with van der Waals surface area (Å²) in [7, 11) is 0. The molecule has 0 saturated carbocycles.